The number of ether oxygens (including phenoxy) is 1. The third-order valence-corrected chi connectivity index (χ3v) is 6.34. The minimum Gasteiger partial charge on any atom is -0.497 e. The van der Waals surface area contributed by atoms with Crippen molar-refractivity contribution in [2.24, 2.45) is 0 Å². The lowest BCUT2D eigenvalue weighted by atomic mass is 10.2. The number of halogens is 1. The van der Waals surface area contributed by atoms with E-state index in [9.17, 15) is 9.18 Å². The molecule has 164 valence electrons. The van der Waals surface area contributed by atoms with Gasteiger partial charge < -0.3 is 9.30 Å². The van der Waals surface area contributed by atoms with Gasteiger partial charge in [0.25, 0.3) is 0 Å². The van der Waals surface area contributed by atoms with Crippen LogP contribution in [0.15, 0.2) is 53.7 Å². The smallest absolute Gasteiger partial charge is 0.236 e. The fourth-order valence-electron chi connectivity index (χ4n) is 2.93. The van der Waals surface area contributed by atoms with E-state index >= 15 is 0 Å². The summed E-state index contributed by atoms with van der Waals surface area (Å²) in [4.78, 5) is 12.4. The quantitative estimate of drug-likeness (QED) is 0.382. The van der Waals surface area contributed by atoms with Gasteiger partial charge in [0.2, 0.25) is 11.0 Å². The molecule has 1 N–H and O–H groups in total. The molecule has 2 heterocycles. The Morgan fingerprint density at radius 3 is 2.62 bits per heavy atom. The highest BCUT2D eigenvalue weighted by Crippen LogP contribution is 2.29. The predicted molar refractivity (Wildman–Crippen MR) is 122 cm³/mol. The average Bonchev–Trinajstić information content (AvgIpc) is 3.45. The summed E-state index contributed by atoms with van der Waals surface area (Å²) in [6, 6.07) is 13.8. The molecule has 0 aliphatic rings. The van der Waals surface area contributed by atoms with E-state index in [2.05, 4.69) is 25.7 Å². The molecule has 0 radical (unpaired) electrons. The van der Waals surface area contributed by atoms with E-state index < -0.39 is 0 Å². The number of aromatic nitrogens is 5. The van der Waals surface area contributed by atoms with E-state index in [1.54, 1.807) is 29.9 Å². The molecule has 0 aliphatic heterocycles. The summed E-state index contributed by atoms with van der Waals surface area (Å²) in [7, 11) is 1.61. The molecule has 11 heteroatoms. The molecule has 2 aromatic heterocycles. The number of thioether (sulfide) groups is 1. The van der Waals surface area contributed by atoms with Crippen molar-refractivity contribution in [3.8, 4) is 27.7 Å². The maximum atomic E-state index is 14.1. The summed E-state index contributed by atoms with van der Waals surface area (Å²) in [5.41, 5.74) is 1.26. The molecule has 0 saturated heterocycles. The molecule has 0 aliphatic carbocycles. The van der Waals surface area contributed by atoms with E-state index in [4.69, 9.17) is 4.74 Å². The zero-order valence-electron chi connectivity index (χ0n) is 17.3. The van der Waals surface area contributed by atoms with Crippen molar-refractivity contribution < 1.29 is 13.9 Å². The summed E-state index contributed by atoms with van der Waals surface area (Å²) >= 11 is 2.51. The van der Waals surface area contributed by atoms with Gasteiger partial charge in [0.05, 0.1) is 18.4 Å². The van der Waals surface area contributed by atoms with Crippen LogP contribution in [0.3, 0.4) is 0 Å². The molecule has 4 aromatic rings. The third-order valence-electron chi connectivity index (χ3n) is 4.49. The molecule has 0 bridgehead atoms. The Balaban J connectivity index is 1.39. The number of methoxy groups -OCH3 is 1. The molecule has 4 rings (SSSR count). The maximum Gasteiger partial charge on any atom is 0.236 e. The van der Waals surface area contributed by atoms with Crippen molar-refractivity contribution in [2.45, 2.75) is 18.6 Å². The molecule has 0 fully saturated rings. The zero-order chi connectivity index (χ0) is 22.5. The third kappa shape index (κ3) is 4.78. The predicted octanol–water partition coefficient (Wildman–Crippen LogP) is 4.36. The van der Waals surface area contributed by atoms with E-state index in [0.717, 1.165) is 11.3 Å². The first-order valence-corrected chi connectivity index (χ1v) is 11.5. The highest BCUT2D eigenvalue weighted by Gasteiger charge is 2.17. The Hall–Kier alpha value is -3.31. The van der Waals surface area contributed by atoms with Crippen LogP contribution in [-0.2, 0) is 11.3 Å². The van der Waals surface area contributed by atoms with Gasteiger partial charge in [0, 0.05) is 12.1 Å². The summed E-state index contributed by atoms with van der Waals surface area (Å²) in [5, 5.41) is 20.8. The van der Waals surface area contributed by atoms with Crippen molar-refractivity contribution in [1.29, 1.82) is 0 Å². The Morgan fingerprint density at radius 2 is 1.91 bits per heavy atom. The number of hydrogen-bond donors (Lipinski definition) is 1. The summed E-state index contributed by atoms with van der Waals surface area (Å²) in [6.45, 7) is 2.46. The van der Waals surface area contributed by atoms with Gasteiger partial charge in [0.1, 0.15) is 16.6 Å². The van der Waals surface area contributed by atoms with Crippen molar-refractivity contribution >= 4 is 34.1 Å². The highest BCUT2D eigenvalue weighted by atomic mass is 32.2. The number of hydrogen-bond acceptors (Lipinski definition) is 8. The SMILES string of the molecule is CCn1c(SCC(=O)Nc2nnc(-c3ccc(OC)cc3)s2)nnc1-c1ccccc1F. The first-order chi connectivity index (χ1) is 15.6. The van der Waals surface area contributed by atoms with Crippen molar-refractivity contribution in [3.63, 3.8) is 0 Å². The molecular formula is C21H19FN6O2S2. The largest absolute Gasteiger partial charge is 0.497 e. The number of benzene rings is 2. The van der Waals surface area contributed by atoms with E-state index in [1.807, 2.05) is 31.2 Å². The fraction of sp³-hybridized carbons (Fsp3) is 0.190. The monoisotopic (exact) mass is 470 g/mol. The molecule has 2 aromatic carbocycles. The maximum absolute atomic E-state index is 14.1. The van der Waals surface area contributed by atoms with Crippen LogP contribution < -0.4 is 10.1 Å². The molecular weight excluding hydrogens is 451 g/mol. The van der Waals surface area contributed by atoms with Crippen molar-refractivity contribution in [3.05, 3.63) is 54.3 Å². The van der Waals surface area contributed by atoms with E-state index in [1.165, 1.54) is 29.2 Å². The lowest BCUT2D eigenvalue weighted by molar-refractivity contribution is -0.113. The molecule has 8 nitrogen and oxygen atoms in total. The molecule has 0 atom stereocenters. The van der Waals surface area contributed by atoms with E-state index in [-0.39, 0.29) is 17.5 Å². The van der Waals surface area contributed by atoms with Crippen LogP contribution in [-0.4, -0.2) is 43.7 Å². The fourth-order valence-corrected chi connectivity index (χ4v) is 4.50. The molecule has 1 amide bonds. The number of amides is 1. The van der Waals surface area contributed by atoms with Crippen LogP contribution >= 0.6 is 23.1 Å². The van der Waals surface area contributed by atoms with Crippen LogP contribution in [0, 0.1) is 5.82 Å². The van der Waals surface area contributed by atoms with Gasteiger partial charge in [-0.1, -0.05) is 35.2 Å². The minimum absolute atomic E-state index is 0.104. The Bertz CT molecular complexity index is 1230. The minimum atomic E-state index is -0.368. The topological polar surface area (TPSA) is 94.8 Å². The number of carbonyl (C=O) groups excluding carboxylic acids is 1. The molecule has 0 unspecified atom stereocenters. The summed E-state index contributed by atoms with van der Waals surface area (Å²) in [5.74, 6) is 0.675. The van der Waals surface area contributed by atoms with Crippen LogP contribution in [0.2, 0.25) is 0 Å². The second-order valence-corrected chi connectivity index (χ2v) is 8.43. The Morgan fingerprint density at radius 1 is 1.12 bits per heavy atom. The number of anilines is 1. The Labute approximate surface area is 191 Å². The van der Waals surface area contributed by atoms with Gasteiger partial charge in [-0.25, -0.2) is 4.39 Å². The van der Waals surface area contributed by atoms with Crippen LogP contribution in [0.25, 0.3) is 22.0 Å². The zero-order valence-corrected chi connectivity index (χ0v) is 18.9. The van der Waals surface area contributed by atoms with Gasteiger partial charge in [-0.2, -0.15) is 0 Å². The summed E-state index contributed by atoms with van der Waals surface area (Å²) < 4.78 is 21.1. The number of nitrogens with zero attached hydrogens (tertiary/aromatic N) is 5. The average molecular weight is 471 g/mol. The molecule has 32 heavy (non-hydrogen) atoms. The first-order valence-electron chi connectivity index (χ1n) is 9.67. The highest BCUT2D eigenvalue weighted by molar-refractivity contribution is 7.99. The van der Waals surface area contributed by atoms with Crippen molar-refractivity contribution in [2.75, 3.05) is 18.2 Å². The number of rotatable bonds is 8. The lowest BCUT2D eigenvalue weighted by Gasteiger charge is -2.07. The van der Waals surface area contributed by atoms with Gasteiger partial charge in [-0.15, -0.1) is 20.4 Å². The number of nitrogens with one attached hydrogen (secondary N) is 1. The summed E-state index contributed by atoms with van der Waals surface area (Å²) in [6.07, 6.45) is 0. The van der Waals surface area contributed by atoms with Gasteiger partial charge >= 0.3 is 0 Å². The Kier molecular flexibility index (Phi) is 6.76. The molecule has 0 saturated carbocycles. The van der Waals surface area contributed by atoms with Crippen LogP contribution in [0.5, 0.6) is 5.75 Å². The second kappa shape index (κ2) is 9.88. The lowest BCUT2D eigenvalue weighted by Crippen LogP contribution is -2.14. The van der Waals surface area contributed by atoms with Crippen LogP contribution in [0.1, 0.15) is 6.92 Å². The van der Waals surface area contributed by atoms with Crippen LogP contribution in [0.4, 0.5) is 9.52 Å². The second-order valence-electron chi connectivity index (χ2n) is 6.51. The number of carbonyl (C=O) groups is 1. The normalized spacial score (nSPS) is 10.8. The van der Waals surface area contributed by atoms with Gasteiger partial charge in [-0.3, -0.25) is 10.1 Å². The first kappa shape index (κ1) is 21.9. The molecule has 0 spiro atoms. The standard InChI is InChI=1S/C21H19FN6O2S2/c1-3-28-18(15-6-4-5-7-16(15)22)24-27-21(28)31-12-17(29)23-20-26-25-19(32-20)13-8-10-14(30-2)11-9-13/h4-11H,3,12H2,1-2H3,(H,23,26,29). The van der Waals surface area contributed by atoms with E-state index in [0.29, 0.717) is 33.2 Å². The van der Waals surface area contributed by atoms with Crippen molar-refractivity contribution in [1.82, 2.24) is 25.0 Å². The van der Waals surface area contributed by atoms with Gasteiger partial charge in [-0.05, 0) is 43.3 Å². The van der Waals surface area contributed by atoms with Gasteiger partial charge in [0.15, 0.2) is 11.0 Å².